The zero-order valence-corrected chi connectivity index (χ0v) is 16.9. The molecule has 0 saturated heterocycles. The van der Waals surface area contributed by atoms with Gasteiger partial charge in [-0.1, -0.05) is 11.6 Å². The summed E-state index contributed by atoms with van der Waals surface area (Å²) in [5, 5.41) is 1.07. The number of fused-ring (bicyclic) bond motifs is 1. The first-order valence-electron chi connectivity index (χ1n) is 8.62. The maximum absolute atomic E-state index is 13.4. The van der Waals surface area contributed by atoms with E-state index in [0.29, 0.717) is 21.7 Å². The number of hydrogen-bond donors (Lipinski definition) is 0. The van der Waals surface area contributed by atoms with E-state index in [1.165, 1.54) is 0 Å². The van der Waals surface area contributed by atoms with Crippen molar-refractivity contribution in [3.63, 3.8) is 0 Å². The molecular formula is C22H17ClN2O2S. The molecule has 0 aliphatic heterocycles. The van der Waals surface area contributed by atoms with Crippen LogP contribution in [0.1, 0.15) is 0 Å². The number of ether oxygens (including phenoxy) is 1. The second kappa shape index (κ2) is 7.70. The molecule has 1 heterocycles. The zero-order chi connectivity index (χ0) is 19.7. The van der Waals surface area contributed by atoms with Gasteiger partial charge in [-0.3, -0.25) is 9.36 Å². The van der Waals surface area contributed by atoms with Crippen LogP contribution in [0.15, 0.2) is 76.4 Å². The van der Waals surface area contributed by atoms with Crippen LogP contribution >= 0.6 is 23.4 Å². The number of rotatable bonds is 4. The van der Waals surface area contributed by atoms with Gasteiger partial charge in [0.05, 0.1) is 23.7 Å². The Kier molecular flexibility index (Phi) is 5.11. The highest BCUT2D eigenvalue weighted by Crippen LogP contribution is 2.26. The third-order valence-corrected chi connectivity index (χ3v) is 5.49. The van der Waals surface area contributed by atoms with Gasteiger partial charge < -0.3 is 4.74 Å². The Morgan fingerprint density at radius 3 is 2.36 bits per heavy atom. The minimum Gasteiger partial charge on any atom is -0.497 e. The van der Waals surface area contributed by atoms with Gasteiger partial charge in [-0.2, -0.15) is 0 Å². The van der Waals surface area contributed by atoms with Crippen LogP contribution in [0.4, 0.5) is 0 Å². The van der Waals surface area contributed by atoms with E-state index < -0.39 is 0 Å². The summed E-state index contributed by atoms with van der Waals surface area (Å²) in [5.41, 5.74) is 2.01. The van der Waals surface area contributed by atoms with Gasteiger partial charge in [-0.15, -0.1) is 11.8 Å². The fraction of sp³-hybridized carbons (Fsp3) is 0.0909. The smallest absolute Gasteiger partial charge is 0.266 e. The summed E-state index contributed by atoms with van der Waals surface area (Å²) in [7, 11) is 1.62. The molecule has 140 valence electrons. The van der Waals surface area contributed by atoms with Crippen LogP contribution in [-0.4, -0.2) is 22.9 Å². The topological polar surface area (TPSA) is 44.1 Å². The van der Waals surface area contributed by atoms with Crippen LogP contribution in [0.25, 0.3) is 28.0 Å². The highest BCUT2D eigenvalue weighted by Gasteiger charge is 2.15. The summed E-state index contributed by atoms with van der Waals surface area (Å²) in [6.45, 7) is 0. The van der Waals surface area contributed by atoms with E-state index in [9.17, 15) is 4.79 Å². The minimum absolute atomic E-state index is 0.135. The summed E-state index contributed by atoms with van der Waals surface area (Å²) < 4.78 is 6.89. The van der Waals surface area contributed by atoms with Crippen molar-refractivity contribution in [1.82, 2.24) is 9.55 Å². The molecular weight excluding hydrogens is 392 g/mol. The van der Waals surface area contributed by atoms with Gasteiger partial charge in [0.15, 0.2) is 0 Å². The molecule has 0 aliphatic rings. The van der Waals surface area contributed by atoms with Crippen molar-refractivity contribution >= 4 is 34.3 Å². The Hall–Kier alpha value is -2.76. The van der Waals surface area contributed by atoms with Crippen molar-refractivity contribution in [3.8, 4) is 22.8 Å². The van der Waals surface area contributed by atoms with Crippen LogP contribution in [0.2, 0.25) is 5.02 Å². The molecule has 4 nitrogen and oxygen atoms in total. The van der Waals surface area contributed by atoms with E-state index in [1.807, 2.05) is 54.8 Å². The number of methoxy groups -OCH3 is 1. The Morgan fingerprint density at radius 2 is 1.71 bits per heavy atom. The zero-order valence-electron chi connectivity index (χ0n) is 15.3. The van der Waals surface area contributed by atoms with Crippen molar-refractivity contribution < 1.29 is 4.74 Å². The van der Waals surface area contributed by atoms with Crippen molar-refractivity contribution in [3.05, 3.63) is 82.1 Å². The van der Waals surface area contributed by atoms with E-state index in [0.717, 1.165) is 21.9 Å². The SMILES string of the molecule is COc1ccc(-c2nc3cc(Cl)ccc3c(=O)n2-c2ccc(SC)cc2)cc1. The van der Waals surface area contributed by atoms with Gasteiger partial charge in [0.1, 0.15) is 11.6 Å². The lowest BCUT2D eigenvalue weighted by molar-refractivity contribution is 0.415. The third-order valence-electron chi connectivity index (χ3n) is 4.51. The molecule has 0 amide bonds. The molecule has 0 aliphatic carbocycles. The lowest BCUT2D eigenvalue weighted by Crippen LogP contribution is -2.22. The largest absolute Gasteiger partial charge is 0.497 e. The van der Waals surface area contributed by atoms with Crippen LogP contribution < -0.4 is 10.3 Å². The molecule has 0 bridgehead atoms. The second-order valence-electron chi connectivity index (χ2n) is 6.16. The molecule has 28 heavy (non-hydrogen) atoms. The van der Waals surface area contributed by atoms with E-state index >= 15 is 0 Å². The average Bonchev–Trinajstić information content (AvgIpc) is 2.73. The number of thioether (sulfide) groups is 1. The first-order chi connectivity index (χ1) is 13.6. The minimum atomic E-state index is -0.135. The Balaban J connectivity index is 2.02. The van der Waals surface area contributed by atoms with Gasteiger partial charge in [0.25, 0.3) is 5.56 Å². The van der Waals surface area contributed by atoms with Crippen molar-refractivity contribution in [2.24, 2.45) is 0 Å². The van der Waals surface area contributed by atoms with Crippen molar-refractivity contribution in [1.29, 1.82) is 0 Å². The van der Waals surface area contributed by atoms with Crippen LogP contribution in [-0.2, 0) is 0 Å². The number of aromatic nitrogens is 2. The quantitative estimate of drug-likeness (QED) is 0.422. The fourth-order valence-corrected chi connectivity index (χ4v) is 3.64. The highest BCUT2D eigenvalue weighted by molar-refractivity contribution is 7.98. The predicted molar refractivity (Wildman–Crippen MR) is 116 cm³/mol. The van der Waals surface area contributed by atoms with Crippen LogP contribution in [0, 0.1) is 0 Å². The summed E-state index contributed by atoms with van der Waals surface area (Å²) in [5.74, 6) is 1.30. The van der Waals surface area contributed by atoms with Crippen LogP contribution in [0.3, 0.4) is 0 Å². The first kappa shape index (κ1) is 18.6. The molecule has 4 aromatic rings. The molecule has 0 fully saturated rings. The van der Waals surface area contributed by atoms with E-state index in [-0.39, 0.29) is 5.56 Å². The first-order valence-corrected chi connectivity index (χ1v) is 10.2. The molecule has 0 radical (unpaired) electrons. The van der Waals surface area contributed by atoms with Gasteiger partial charge in [0, 0.05) is 15.5 Å². The summed E-state index contributed by atoms with van der Waals surface area (Å²) >= 11 is 7.79. The maximum Gasteiger partial charge on any atom is 0.266 e. The molecule has 0 saturated carbocycles. The Bertz CT molecular complexity index is 1200. The Morgan fingerprint density at radius 1 is 1.00 bits per heavy atom. The van der Waals surface area contributed by atoms with Gasteiger partial charge >= 0.3 is 0 Å². The number of benzene rings is 3. The fourth-order valence-electron chi connectivity index (χ4n) is 3.06. The lowest BCUT2D eigenvalue weighted by atomic mass is 10.1. The standard InChI is InChI=1S/C22H17ClN2O2S/c1-27-17-8-3-14(4-9-17)21-24-20-13-15(23)5-12-19(20)22(26)25(21)16-6-10-18(28-2)11-7-16/h3-13H,1-2H3. The lowest BCUT2D eigenvalue weighted by Gasteiger charge is -2.14. The normalized spacial score (nSPS) is 11.0. The van der Waals surface area contributed by atoms with Gasteiger partial charge in [0.2, 0.25) is 0 Å². The second-order valence-corrected chi connectivity index (χ2v) is 7.48. The molecule has 0 spiro atoms. The molecule has 0 unspecified atom stereocenters. The number of halogens is 1. The molecule has 0 N–H and O–H groups in total. The summed E-state index contributed by atoms with van der Waals surface area (Å²) in [6.07, 6.45) is 2.02. The van der Waals surface area contributed by atoms with Gasteiger partial charge in [-0.05, 0) is 73.0 Å². The van der Waals surface area contributed by atoms with Gasteiger partial charge in [-0.25, -0.2) is 4.98 Å². The van der Waals surface area contributed by atoms with E-state index in [4.69, 9.17) is 21.3 Å². The third kappa shape index (κ3) is 3.39. The average molecular weight is 409 g/mol. The predicted octanol–water partition coefficient (Wildman–Crippen LogP) is 5.44. The van der Waals surface area contributed by atoms with Crippen molar-refractivity contribution in [2.45, 2.75) is 4.90 Å². The molecule has 0 atom stereocenters. The molecule has 3 aromatic carbocycles. The van der Waals surface area contributed by atoms with Crippen molar-refractivity contribution in [2.75, 3.05) is 13.4 Å². The monoisotopic (exact) mass is 408 g/mol. The number of nitrogens with zero attached hydrogens (tertiary/aromatic N) is 2. The molecule has 6 heteroatoms. The van der Waals surface area contributed by atoms with E-state index in [1.54, 1.807) is 41.6 Å². The highest BCUT2D eigenvalue weighted by atomic mass is 35.5. The summed E-state index contributed by atoms with van der Waals surface area (Å²) in [4.78, 5) is 19.3. The molecule has 1 aromatic heterocycles. The van der Waals surface area contributed by atoms with E-state index in [2.05, 4.69) is 0 Å². The molecule has 4 rings (SSSR count). The maximum atomic E-state index is 13.4. The van der Waals surface area contributed by atoms with Crippen LogP contribution in [0.5, 0.6) is 5.75 Å². The Labute approximate surface area is 171 Å². The number of hydrogen-bond acceptors (Lipinski definition) is 4. The summed E-state index contributed by atoms with van der Waals surface area (Å²) in [6, 6.07) is 20.5.